The third-order valence-electron chi connectivity index (χ3n) is 6.50. The third-order valence-corrected chi connectivity index (χ3v) is 6.50. The van der Waals surface area contributed by atoms with Crippen molar-refractivity contribution in [3.63, 3.8) is 0 Å². The van der Waals surface area contributed by atoms with Crippen LogP contribution in [0.5, 0.6) is 5.75 Å². The van der Waals surface area contributed by atoms with Crippen LogP contribution < -0.4 is 4.74 Å². The van der Waals surface area contributed by atoms with Crippen molar-refractivity contribution in [2.24, 2.45) is 5.92 Å². The molecule has 0 amide bonds. The Morgan fingerprint density at radius 1 is 1.06 bits per heavy atom. The Hall–Kier alpha value is -1.96. The van der Waals surface area contributed by atoms with Gasteiger partial charge in [-0.1, -0.05) is 37.3 Å². The maximum absolute atomic E-state index is 10.6. The second-order valence-electron chi connectivity index (χ2n) is 8.73. The fourth-order valence-corrected chi connectivity index (χ4v) is 4.35. The monoisotopic (exact) mass is 428 g/mol. The molecule has 0 saturated carbocycles. The normalized spacial score (nSPS) is 31.0. The zero-order valence-corrected chi connectivity index (χ0v) is 18.1. The molecule has 168 valence electrons. The number of ether oxygens (including phenoxy) is 3. The first-order chi connectivity index (χ1) is 15.0. The molecule has 2 aromatic rings. The molecule has 2 saturated heterocycles. The van der Waals surface area contributed by atoms with E-state index in [1.165, 1.54) is 0 Å². The number of hydrogen-bond acceptors (Lipinski definition) is 6. The van der Waals surface area contributed by atoms with Gasteiger partial charge >= 0.3 is 0 Å². The topological polar surface area (TPSA) is 88.4 Å². The van der Waals surface area contributed by atoms with Gasteiger partial charge in [0.15, 0.2) is 0 Å². The summed E-state index contributed by atoms with van der Waals surface area (Å²) < 4.78 is 17.3. The van der Waals surface area contributed by atoms with E-state index in [-0.39, 0.29) is 18.6 Å². The quantitative estimate of drug-likeness (QED) is 0.655. The van der Waals surface area contributed by atoms with E-state index in [1.807, 2.05) is 30.3 Å². The Bertz CT molecular complexity index is 859. The van der Waals surface area contributed by atoms with Crippen LogP contribution in [0.2, 0.25) is 0 Å². The van der Waals surface area contributed by atoms with Crippen LogP contribution in [-0.2, 0) is 15.9 Å². The van der Waals surface area contributed by atoms with Crippen LogP contribution in [0.3, 0.4) is 0 Å². The van der Waals surface area contributed by atoms with E-state index < -0.39 is 24.4 Å². The molecular formula is C25H32O6. The number of aliphatic hydroxyl groups is 3. The van der Waals surface area contributed by atoms with Crippen molar-refractivity contribution in [3.05, 3.63) is 64.7 Å². The molecule has 6 atom stereocenters. The summed E-state index contributed by atoms with van der Waals surface area (Å²) in [6.07, 6.45) is -1.38. The lowest BCUT2D eigenvalue weighted by Crippen LogP contribution is -2.50. The second kappa shape index (κ2) is 9.67. The highest BCUT2D eigenvalue weighted by Gasteiger charge is 2.42. The standard InChI is InChI=1S/C25H32O6/c1-15-3-6-18(25-24(28)23(27)16(2)22(13-26)31-25)12-19(15)11-17-4-7-20(8-5-17)30-21-9-10-29-14-21/h3-8,12,16,21-28H,9-11,13-14H2,1-2H3/t16-,21+,22-,23+,24-,25+/m1/s1. The maximum Gasteiger partial charge on any atom is 0.124 e. The van der Waals surface area contributed by atoms with Crippen molar-refractivity contribution in [3.8, 4) is 5.75 Å². The first-order valence-corrected chi connectivity index (χ1v) is 11.0. The van der Waals surface area contributed by atoms with Gasteiger partial charge in [0.25, 0.3) is 0 Å². The molecule has 0 unspecified atom stereocenters. The number of rotatable bonds is 6. The summed E-state index contributed by atoms with van der Waals surface area (Å²) in [6, 6.07) is 14.1. The molecule has 0 spiro atoms. The van der Waals surface area contributed by atoms with E-state index in [1.54, 1.807) is 6.92 Å². The van der Waals surface area contributed by atoms with Gasteiger partial charge in [-0.2, -0.15) is 0 Å². The highest BCUT2D eigenvalue weighted by atomic mass is 16.5. The Labute approximate surface area is 183 Å². The minimum absolute atomic E-state index is 0.132. The van der Waals surface area contributed by atoms with Crippen LogP contribution in [0.25, 0.3) is 0 Å². The van der Waals surface area contributed by atoms with Crippen LogP contribution in [0.4, 0.5) is 0 Å². The minimum atomic E-state index is -1.04. The Morgan fingerprint density at radius 2 is 1.84 bits per heavy atom. The molecule has 0 aromatic heterocycles. The van der Waals surface area contributed by atoms with Crippen LogP contribution in [0.1, 0.15) is 41.7 Å². The second-order valence-corrected chi connectivity index (χ2v) is 8.73. The molecule has 0 radical (unpaired) electrons. The molecule has 4 rings (SSSR count). The minimum Gasteiger partial charge on any atom is -0.488 e. The highest BCUT2D eigenvalue weighted by Crippen LogP contribution is 2.36. The lowest BCUT2D eigenvalue weighted by molar-refractivity contribution is -0.207. The van der Waals surface area contributed by atoms with Crippen LogP contribution in [0, 0.1) is 12.8 Å². The van der Waals surface area contributed by atoms with Gasteiger partial charge in [-0.05, 0) is 47.7 Å². The number of aryl methyl sites for hydroxylation is 1. The zero-order valence-electron chi connectivity index (χ0n) is 18.1. The number of benzene rings is 2. The largest absolute Gasteiger partial charge is 0.488 e. The van der Waals surface area contributed by atoms with Gasteiger partial charge in [0.1, 0.15) is 24.1 Å². The molecule has 3 N–H and O–H groups in total. The molecule has 0 aliphatic carbocycles. The summed E-state index contributed by atoms with van der Waals surface area (Å²) in [5.41, 5.74) is 4.23. The maximum atomic E-state index is 10.6. The lowest BCUT2D eigenvalue weighted by Gasteiger charge is -2.41. The van der Waals surface area contributed by atoms with Gasteiger partial charge < -0.3 is 29.5 Å². The summed E-state index contributed by atoms with van der Waals surface area (Å²) in [5.74, 6) is 0.513. The number of hydrogen-bond donors (Lipinski definition) is 3. The summed E-state index contributed by atoms with van der Waals surface area (Å²) in [6.45, 7) is 5.04. The molecule has 2 heterocycles. The molecule has 31 heavy (non-hydrogen) atoms. The van der Waals surface area contributed by atoms with Crippen LogP contribution >= 0.6 is 0 Å². The first kappa shape index (κ1) is 22.2. The average molecular weight is 429 g/mol. The predicted octanol–water partition coefficient (Wildman–Crippen LogP) is 2.54. The first-order valence-electron chi connectivity index (χ1n) is 11.0. The molecule has 2 fully saturated rings. The molecule has 2 aliphatic heterocycles. The zero-order chi connectivity index (χ0) is 22.0. The molecule has 6 nitrogen and oxygen atoms in total. The molecule has 2 aliphatic rings. The van der Waals surface area contributed by atoms with Crippen molar-refractivity contribution >= 4 is 0 Å². The van der Waals surface area contributed by atoms with Gasteiger partial charge in [0, 0.05) is 12.3 Å². The van der Waals surface area contributed by atoms with Gasteiger partial charge in [0.05, 0.1) is 32.0 Å². The van der Waals surface area contributed by atoms with E-state index in [2.05, 4.69) is 19.1 Å². The fourth-order valence-electron chi connectivity index (χ4n) is 4.35. The third kappa shape index (κ3) is 4.94. The van der Waals surface area contributed by atoms with Gasteiger partial charge in [-0.3, -0.25) is 0 Å². The number of aliphatic hydroxyl groups excluding tert-OH is 3. The van der Waals surface area contributed by atoms with E-state index in [0.717, 1.165) is 47.5 Å². The summed E-state index contributed by atoms with van der Waals surface area (Å²) in [4.78, 5) is 0. The van der Waals surface area contributed by atoms with Crippen molar-refractivity contribution in [2.75, 3.05) is 19.8 Å². The van der Waals surface area contributed by atoms with Gasteiger partial charge in [-0.15, -0.1) is 0 Å². The molecule has 6 heteroatoms. The fraction of sp³-hybridized carbons (Fsp3) is 0.520. The summed E-state index contributed by atoms with van der Waals surface area (Å²) >= 11 is 0. The van der Waals surface area contributed by atoms with Crippen LogP contribution in [0.15, 0.2) is 42.5 Å². The highest BCUT2D eigenvalue weighted by molar-refractivity contribution is 5.38. The smallest absolute Gasteiger partial charge is 0.124 e. The lowest BCUT2D eigenvalue weighted by atomic mass is 9.85. The molecular weight excluding hydrogens is 396 g/mol. The Balaban J connectivity index is 1.49. The Morgan fingerprint density at radius 3 is 2.52 bits per heavy atom. The molecule has 0 bridgehead atoms. The summed E-state index contributed by atoms with van der Waals surface area (Å²) in [5, 5.41) is 30.6. The van der Waals surface area contributed by atoms with E-state index in [4.69, 9.17) is 14.2 Å². The van der Waals surface area contributed by atoms with Gasteiger partial charge in [0.2, 0.25) is 0 Å². The van der Waals surface area contributed by atoms with E-state index in [0.29, 0.717) is 6.61 Å². The van der Waals surface area contributed by atoms with Crippen molar-refractivity contribution in [1.82, 2.24) is 0 Å². The average Bonchev–Trinajstić information content (AvgIpc) is 3.28. The summed E-state index contributed by atoms with van der Waals surface area (Å²) in [7, 11) is 0. The van der Waals surface area contributed by atoms with Crippen LogP contribution in [-0.4, -0.2) is 59.6 Å². The predicted molar refractivity (Wildman–Crippen MR) is 116 cm³/mol. The van der Waals surface area contributed by atoms with Gasteiger partial charge in [-0.25, -0.2) is 0 Å². The van der Waals surface area contributed by atoms with Crippen molar-refractivity contribution in [2.45, 2.75) is 57.2 Å². The van der Waals surface area contributed by atoms with E-state index >= 15 is 0 Å². The van der Waals surface area contributed by atoms with E-state index in [9.17, 15) is 15.3 Å². The SMILES string of the molecule is Cc1ccc([C@@H]2O[C@H](CO)[C@@H](C)[C@H](O)[C@H]2O)cc1Cc1ccc(O[C@H]2CCOC2)cc1. The van der Waals surface area contributed by atoms with Crippen molar-refractivity contribution < 1.29 is 29.5 Å². The molecule has 2 aromatic carbocycles. The van der Waals surface area contributed by atoms with Crippen molar-refractivity contribution in [1.29, 1.82) is 0 Å². The Kier molecular flexibility index (Phi) is 6.94.